The van der Waals surface area contributed by atoms with E-state index < -0.39 is 36.6 Å². The van der Waals surface area contributed by atoms with E-state index in [0.717, 1.165) is 89.6 Å². The molecule has 2 aromatic heterocycles. The zero-order chi connectivity index (χ0) is 61.4. The number of rotatable bonds is 19. The number of hydrogen-bond acceptors (Lipinski definition) is 5. The molecule has 8 aromatic carbocycles. The number of benzene rings is 8. The van der Waals surface area contributed by atoms with Gasteiger partial charge in [0, 0.05) is 58.9 Å². The van der Waals surface area contributed by atoms with Crippen molar-refractivity contribution in [2.24, 2.45) is 0 Å². The van der Waals surface area contributed by atoms with Gasteiger partial charge in [-0.1, -0.05) is 159 Å². The minimum absolute atomic E-state index is 0.435. The summed E-state index contributed by atoms with van der Waals surface area (Å²) < 4.78 is 33.6. The van der Waals surface area contributed by atoms with Gasteiger partial charge < -0.3 is 32.7 Å². The van der Waals surface area contributed by atoms with Crippen molar-refractivity contribution in [1.82, 2.24) is 9.13 Å². The summed E-state index contributed by atoms with van der Waals surface area (Å²) in [5.74, 6) is 0.586. The molecule has 0 spiro atoms. The molecule has 450 valence electrons. The number of halogens is 2. The number of unbranched alkanes of at least 4 members (excludes halogenated alkanes) is 6. The Kier molecular flexibility index (Phi) is 18.7. The fourth-order valence-electron chi connectivity index (χ4n) is 12.3. The highest BCUT2D eigenvalue weighted by Gasteiger charge is 2.53. The monoisotopic (exact) mass is 1290 g/mol. The van der Waals surface area contributed by atoms with Crippen LogP contribution in [0.2, 0.25) is 0 Å². The largest absolute Gasteiger partial charge is 0.494 e. The standard InChI is InChI=1S/C54H66B2N2O4.C22H21Br2N/c1-11-13-15-17-19-37-21-27-41(28-22-37)57-47-31-25-39(55-59-51(3,4)52(5,6)60-55)33-43(47)45-35-46-44-34-40(56-61-53(7,8)54(9,10)62-56)26-32-48(44)58(50(46)36-49(45)57)42-29-23-38(24-30-42)20-18-16-14-12-2;1-3-16(2)17-4-10-20(11-5-17)25(21-12-6-18(23)7-13-21)22-14-8-19(24)9-15-22/h21-36H,11-20H2,1-10H3;4-16H,3H2,1-2H3. The molecule has 0 amide bonds. The predicted molar refractivity (Wildman–Crippen MR) is 377 cm³/mol. The third-order valence-corrected chi connectivity index (χ3v) is 20.3. The summed E-state index contributed by atoms with van der Waals surface area (Å²) in [6, 6.07) is 62.7. The summed E-state index contributed by atoms with van der Waals surface area (Å²) in [6.07, 6.45) is 13.5. The first kappa shape index (κ1) is 62.7. The molecule has 1 unspecified atom stereocenters. The quantitative estimate of drug-likeness (QED) is 0.0596. The maximum Gasteiger partial charge on any atom is 0.494 e. The number of anilines is 3. The van der Waals surface area contributed by atoms with Crippen molar-refractivity contribution in [1.29, 1.82) is 0 Å². The zero-order valence-electron chi connectivity index (χ0n) is 53.4. The highest BCUT2D eigenvalue weighted by atomic mass is 79.9. The molecule has 0 radical (unpaired) electrons. The van der Waals surface area contributed by atoms with Gasteiger partial charge in [0.15, 0.2) is 0 Å². The number of aromatic nitrogens is 2. The second-order valence-corrected chi connectivity index (χ2v) is 28.3. The van der Waals surface area contributed by atoms with Crippen LogP contribution >= 0.6 is 31.9 Å². The molecule has 0 saturated carbocycles. The van der Waals surface area contributed by atoms with Crippen molar-refractivity contribution in [2.75, 3.05) is 4.90 Å². The maximum absolute atomic E-state index is 6.62. The first-order valence-corrected chi connectivity index (χ1v) is 33.7. The number of nitrogens with zero attached hydrogens (tertiary/aromatic N) is 3. The van der Waals surface area contributed by atoms with E-state index in [-0.39, 0.29) is 0 Å². The van der Waals surface area contributed by atoms with Crippen LogP contribution in [-0.4, -0.2) is 45.8 Å². The minimum atomic E-state index is -0.461. The van der Waals surface area contributed by atoms with Crippen molar-refractivity contribution in [3.8, 4) is 11.4 Å². The van der Waals surface area contributed by atoms with E-state index in [0.29, 0.717) is 5.92 Å². The van der Waals surface area contributed by atoms with Crippen LogP contribution in [0, 0.1) is 0 Å². The summed E-state index contributed by atoms with van der Waals surface area (Å²) >= 11 is 7.05. The molecule has 2 saturated heterocycles. The van der Waals surface area contributed by atoms with Crippen LogP contribution < -0.4 is 15.8 Å². The van der Waals surface area contributed by atoms with Crippen LogP contribution in [0.5, 0.6) is 0 Å². The van der Waals surface area contributed by atoms with Crippen molar-refractivity contribution < 1.29 is 18.6 Å². The van der Waals surface area contributed by atoms with E-state index in [1.807, 2.05) is 0 Å². The Bertz CT molecular complexity index is 3740. The molecule has 4 heterocycles. The van der Waals surface area contributed by atoms with Crippen molar-refractivity contribution in [2.45, 2.75) is 182 Å². The third kappa shape index (κ3) is 13.0. The SMILES string of the molecule is CCC(C)c1ccc(N(c2ccc(Br)cc2)c2ccc(Br)cc2)cc1.CCCCCCc1ccc(-n2c3ccc(B4OC(C)(C)C(C)(C)O4)cc3c3cc4c5cc(B6OC(C)(C)C(C)(C)O6)ccc5n(-c5ccc(CCCCCC)cc5)c4cc32)cc1. The molecule has 12 rings (SSSR count). The molecule has 2 aliphatic heterocycles. The Morgan fingerprint density at radius 2 is 0.759 bits per heavy atom. The van der Waals surface area contributed by atoms with E-state index in [4.69, 9.17) is 18.6 Å². The molecule has 7 nitrogen and oxygen atoms in total. The van der Waals surface area contributed by atoms with Gasteiger partial charge in [-0.25, -0.2) is 0 Å². The zero-order valence-corrected chi connectivity index (χ0v) is 56.6. The molecule has 1 atom stereocenters. The summed E-state index contributed by atoms with van der Waals surface area (Å²) in [6.45, 7) is 26.0. The van der Waals surface area contributed by atoms with Gasteiger partial charge >= 0.3 is 14.2 Å². The Hall–Kier alpha value is -5.91. The Labute approximate surface area is 535 Å². The lowest BCUT2D eigenvalue weighted by atomic mass is 9.78. The van der Waals surface area contributed by atoms with Gasteiger partial charge in [-0.2, -0.15) is 0 Å². The van der Waals surface area contributed by atoms with Gasteiger partial charge in [-0.15, -0.1) is 0 Å². The Balaban J connectivity index is 0.000000262. The Morgan fingerprint density at radius 3 is 1.11 bits per heavy atom. The van der Waals surface area contributed by atoms with Crippen molar-refractivity contribution in [3.05, 3.63) is 195 Å². The Morgan fingerprint density at radius 1 is 0.402 bits per heavy atom. The van der Waals surface area contributed by atoms with E-state index in [1.165, 1.54) is 89.6 Å². The topological polar surface area (TPSA) is 50.0 Å². The van der Waals surface area contributed by atoms with Gasteiger partial charge in [0.05, 0.1) is 44.5 Å². The maximum atomic E-state index is 6.62. The van der Waals surface area contributed by atoms with Crippen LogP contribution in [0.1, 0.15) is 163 Å². The molecule has 11 heteroatoms. The number of aryl methyl sites for hydroxylation is 2. The van der Waals surface area contributed by atoms with E-state index >= 15 is 0 Å². The minimum Gasteiger partial charge on any atom is -0.399 e. The van der Waals surface area contributed by atoms with Gasteiger partial charge in [-0.3, -0.25) is 0 Å². The molecular weight excluding hydrogens is 1200 g/mol. The summed E-state index contributed by atoms with van der Waals surface area (Å²) in [5.41, 5.74) is 14.9. The summed E-state index contributed by atoms with van der Waals surface area (Å²) in [4.78, 5) is 2.28. The van der Waals surface area contributed by atoms with Gasteiger partial charge in [0.2, 0.25) is 0 Å². The van der Waals surface area contributed by atoms with Crippen molar-refractivity contribution >= 4 is 118 Å². The van der Waals surface area contributed by atoms with E-state index in [1.54, 1.807) is 0 Å². The molecule has 2 fully saturated rings. The van der Waals surface area contributed by atoms with Gasteiger partial charge in [0.1, 0.15) is 0 Å². The molecule has 10 aromatic rings. The molecule has 2 aliphatic rings. The third-order valence-electron chi connectivity index (χ3n) is 19.3. The van der Waals surface area contributed by atoms with Crippen LogP contribution in [0.4, 0.5) is 17.1 Å². The summed E-state index contributed by atoms with van der Waals surface area (Å²) in [7, 11) is -0.921. The lowest BCUT2D eigenvalue weighted by Crippen LogP contribution is -2.41. The fraction of sp³-hybridized carbons (Fsp3) is 0.368. The highest BCUT2D eigenvalue weighted by molar-refractivity contribution is 9.10. The first-order chi connectivity index (χ1) is 41.7. The van der Waals surface area contributed by atoms with Gasteiger partial charge in [-0.05, 0) is 230 Å². The molecular formula is C76H87B2Br2N3O4. The molecule has 0 N–H and O–H groups in total. The first-order valence-electron chi connectivity index (χ1n) is 32.1. The average molecular weight is 1290 g/mol. The second kappa shape index (κ2) is 25.9. The van der Waals surface area contributed by atoms with Crippen LogP contribution in [0.3, 0.4) is 0 Å². The smallest absolute Gasteiger partial charge is 0.399 e. The van der Waals surface area contributed by atoms with Crippen LogP contribution in [0.15, 0.2) is 179 Å². The van der Waals surface area contributed by atoms with Crippen LogP contribution in [0.25, 0.3) is 55.0 Å². The lowest BCUT2D eigenvalue weighted by Gasteiger charge is -2.32. The highest BCUT2D eigenvalue weighted by Crippen LogP contribution is 2.43. The molecule has 87 heavy (non-hydrogen) atoms. The van der Waals surface area contributed by atoms with Gasteiger partial charge in [0.25, 0.3) is 0 Å². The van der Waals surface area contributed by atoms with E-state index in [2.05, 4.69) is 299 Å². The number of fused-ring (bicyclic) bond motifs is 6. The second-order valence-electron chi connectivity index (χ2n) is 26.4. The lowest BCUT2D eigenvalue weighted by molar-refractivity contribution is 0.00578. The molecule has 0 bridgehead atoms. The van der Waals surface area contributed by atoms with Crippen molar-refractivity contribution in [3.63, 3.8) is 0 Å². The average Bonchev–Trinajstić information content (AvgIpc) is 1.57. The normalized spacial score (nSPS) is 16.3. The van der Waals surface area contributed by atoms with E-state index in [9.17, 15) is 0 Å². The van der Waals surface area contributed by atoms with Crippen LogP contribution in [-0.2, 0) is 31.5 Å². The summed E-state index contributed by atoms with van der Waals surface area (Å²) in [5, 5.41) is 4.73. The number of hydrogen-bond donors (Lipinski definition) is 0. The fourth-order valence-corrected chi connectivity index (χ4v) is 12.9. The molecule has 0 aliphatic carbocycles. The predicted octanol–water partition coefficient (Wildman–Crippen LogP) is 20.9.